The minimum Gasteiger partial charge on any atom is -0.497 e. The molecule has 3 heterocycles. The van der Waals surface area contributed by atoms with Gasteiger partial charge in [0.2, 0.25) is 5.95 Å². The smallest absolute Gasteiger partial charge is 0.227 e. The maximum Gasteiger partial charge on any atom is 0.227 e. The first-order chi connectivity index (χ1) is 20.2. The number of likely N-dealkylation sites (tertiary alicyclic amines) is 1. The maximum absolute atomic E-state index is 10.1. The van der Waals surface area contributed by atoms with Crippen molar-refractivity contribution in [3.05, 3.63) is 71.9 Å². The van der Waals surface area contributed by atoms with Gasteiger partial charge in [-0.3, -0.25) is 0 Å². The number of hydrogen-bond donors (Lipinski definition) is 1. The summed E-state index contributed by atoms with van der Waals surface area (Å²) in [5, 5.41) is 14.0. The third kappa shape index (κ3) is 7.22. The van der Waals surface area contributed by atoms with Crippen molar-refractivity contribution in [3.8, 4) is 38.6 Å². The van der Waals surface area contributed by atoms with Gasteiger partial charge in [-0.2, -0.15) is 5.26 Å². The minimum atomic E-state index is 0.460. The van der Waals surface area contributed by atoms with Crippen LogP contribution in [0.3, 0.4) is 0 Å². The third-order valence-corrected chi connectivity index (χ3v) is 8.05. The van der Waals surface area contributed by atoms with E-state index in [4.69, 9.17) is 19.2 Å². The molecule has 1 saturated heterocycles. The number of methoxy groups -OCH3 is 1. The summed E-state index contributed by atoms with van der Waals surface area (Å²) in [5.41, 5.74) is 4.79. The number of ether oxygens (including phenoxy) is 3. The molecule has 1 fully saturated rings. The van der Waals surface area contributed by atoms with Gasteiger partial charge in [-0.15, -0.1) is 0 Å². The minimum absolute atomic E-state index is 0.460. The summed E-state index contributed by atoms with van der Waals surface area (Å²) in [4.78, 5) is 12.6. The number of thiophene rings is 1. The largest absolute Gasteiger partial charge is 0.497 e. The molecular weight excluding hydrogens is 534 g/mol. The normalized spacial score (nSPS) is 13.2. The van der Waals surface area contributed by atoms with Gasteiger partial charge >= 0.3 is 0 Å². The van der Waals surface area contributed by atoms with E-state index in [9.17, 15) is 5.26 Å². The Morgan fingerprint density at radius 1 is 1.10 bits per heavy atom. The molecule has 212 valence electrons. The van der Waals surface area contributed by atoms with Crippen LogP contribution in [-0.4, -0.2) is 54.8 Å². The van der Waals surface area contributed by atoms with Crippen molar-refractivity contribution in [2.75, 3.05) is 45.3 Å². The first-order valence-corrected chi connectivity index (χ1v) is 14.8. The SMILES string of the molecule is CCOc1sc(-c2ccnc(Nc3cccc(COCCCN4CCCC4)c3)n2)c(-c2cccc(OC)c2)c1C#N. The molecule has 5 rings (SSSR count). The van der Waals surface area contributed by atoms with Gasteiger partial charge in [0.1, 0.15) is 17.4 Å². The summed E-state index contributed by atoms with van der Waals surface area (Å²) in [5.74, 6) is 1.18. The molecule has 4 aromatic rings. The molecule has 1 aliphatic rings. The van der Waals surface area contributed by atoms with E-state index < -0.39 is 0 Å². The number of nitrogens with zero attached hydrogens (tertiary/aromatic N) is 4. The fourth-order valence-corrected chi connectivity index (χ4v) is 6.13. The molecule has 1 N–H and O–H groups in total. The highest BCUT2D eigenvalue weighted by molar-refractivity contribution is 7.18. The first-order valence-electron chi connectivity index (χ1n) is 14.0. The third-order valence-electron chi connectivity index (χ3n) is 6.92. The van der Waals surface area contributed by atoms with Gasteiger partial charge in [0, 0.05) is 30.6 Å². The zero-order valence-electron chi connectivity index (χ0n) is 23.6. The molecule has 0 amide bonds. The second-order valence-corrected chi connectivity index (χ2v) is 10.8. The second kappa shape index (κ2) is 14.1. The van der Waals surface area contributed by atoms with Crippen molar-refractivity contribution in [2.45, 2.75) is 32.8 Å². The van der Waals surface area contributed by atoms with Crippen LogP contribution in [0.5, 0.6) is 10.8 Å². The highest BCUT2D eigenvalue weighted by atomic mass is 32.1. The molecule has 0 aliphatic carbocycles. The fraction of sp³-hybridized carbons (Fsp3) is 0.344. The Labute approximate surface area is 245 Å². The number of aromatic nitrogens is 2. The standard InChI is InChI=1S/C32H35N5O3S/c1-3-40-31-27(21-33)29(24-10-7-12-26(20-24)38-2)30(41-31)28-13-14-34-32(36-28)35-25-11-6-9-23(19-25)22-39-18-8-17-37-15-4-5-16-37/h6-7,9-14,19-20H,3-5,8,15-18,22H2,1-2H3,(H,34,35,36). The number of nitriles is 1. The zero-order valence-corrected chi connectivity index (χ0v) is 24.4. The predicted octanol–water partition coefficient (Wildman–Crippen LogP) is 6.90. The molecule has 0 bridgehead atoms. The summed E-state index contributed by atoms with van der Waals surface area (Å²) >= 11 is 1.41. The number of hydrogen-bond acceptors (Lipinski definition) is 9. The number of anilines is 2. The number of benzene rings is 2. The molecule has 0 saturated carbocycles. The average Bonchev–Trinajstić information content (AvgIpc) is 3.65. The van der Waals surface area contributed by atoms with Crippen molar-refractivity contribution in [3.63, 3.8) is 0 Å². The zero-order chi connectivity index (χ0) is 28.4. The van der Waals surface area contributed by atoms with Gasteiger partial charge in [0.05, 0.1) is 30.9 Å². The molecule has 1 aliphatic heterocycles. The quantitative estimate of drug-likeness (QED) is 0.174. The van der Waals surface area contributed by atoms with E-state index in [2.05, 4.69) is 33.4 Å². The van der Waals surface area contributed by atoms with E-state index in [1.807, 2.05) is 49.4 Å². The van der Waals surface area contributed by atoms with Crippen LogP contribution in [0.4, 0.5) is 11.6 Å². The summed E-state index contributed by atoms with van der Waals surface area (Å²) in [6.45, 7) is 7.24. The van der Waals surface area contributed by atoms with Crippen LogP contribution in [0, 0.1) is 11.3 Å². The van der Waals surface area contributed by atoms with Gasteiger partial charge < -0.3 is 24.4 Å². The lowest BCUT2D eigenvalue weighted by molar-refractivity contribution is 0.111. The van der Waals surface area contributed by atoms with Crippen molar-refractivity contribution in [1.29, 1.82) is 5.26 Å². The van der Waals surface area contributed by atoms with E-state index in [1.54, 1.807) is 13.3 Å². The molecule has 41 heavy (non-hydrogen) atoms. The molecule has 2 aromatic heterocycles. The van der Waals surface area contributed by atoms with Gasteiger partial charge in [0.15, 0.2) is 5.06 Å². The fourth-order valence-electron chi connectivity index (χ4n) is 4.98. The van der Waals surface area contributed by atoms with Crippen LogP contribution in [0.1, 0.15) is 37.3 Å². The summed E-state index contributed by atoms with van der Waals surface area (Å²) < 4.78 is 17.2. The Morgan fingerprint density at radius 3 is 2.76 bits per heavy atom. The van der Waals surface area contributed by atoms with Crippen LogP contribution in [0.15, 0.2) is 60.8 Å². The Kier molecular flexibility index (Phi) is 9.81. The second-order valence-electron chi connectivity index (χ2n) is 9.79. The molecule has 8 nitrogen and oxygen atoms in total. The summed E-state index contributed by atoms with van der Waals surface area (Å²) in [6.07, 6.45) is 5.41. The van der Waals surface area contributed by atoms with Crippen molar-refractivity contribution in [1.82, 2.24) is 14.9 Å². The van der Waals surface area contributed by atoms with Gasteiger partial charge in [-0.25, -0.2) is 9.97 Å². The lowest BCUT2D eigenvalue weighted by atomic mass is 10.0. The predicted molar refractivity (Wildman–Crippen MR) is 163 cm³/mol. The Hall–Kier alpha value is -3.97. The Balaban J connectivity index is 1.33. The Bertz CT molecular complexity index is 1490. The van der Waals surface area contributed by atoms with Crippen LogP contribution in [-0.2, 0) is 11.3 Å². The maximum atomic E-state index is 10.1. The van der Waals surface area contributed by atoms with Gasteiger partial charge in [0.25, 0.3) is 0 Å². The van der Waals surface area contributed by atoms with Crippen LogP contribution >= 0.6 is 11.3 Å². The van der Waals surface area contributed by atoms with E-state index in [0.29, 0.717) is 41.2 Å². The van der Waals surface area contributed by atoms with Crippen LogP contribution < -0.4 is 14.8 Å². The van der Waals surface area contributed by atoms with E-state index >= 15 is 0 Å². The van der Waals surface area contributed by atoms with Crippen molar-refractivity contribution in [2.24, 2.45) is 0 Å². The highest BCUT2D eigenvalue weighted by Crippen LogP contribution is 2.47. The molecular formula is C32H35N5O3S. The van der Waals surface area contributed by atoms with E-state index in [0.717, 1.165) is 46.8 Å². The number of nitrogens with one attached hydrogen (secondary N) is 1. The first kappa shape index (κ1) is 28.6. The summed E-state index contributed by atoms with van der Waals surface area (Å²) in [7, 11) is 1.63. The van der Waals surface area contributed by atoms with Gasteiger partial charge in [-0.05, 0) is 80.7 Å². The average molecular weight is 570 g/mol. The van der Waals surface area contributed by atoms with Crippen molar-refractivity contribution >= 4 is 23.0 Å². The van der Waals surface area contributed by atoms with E-state index in [1.165, 1.54) is 37.3 Å². The molecule has 2 aromatic carbocycles. The summed E-state index contributed by atoms with van der Waals surface area (Å²) in [6, 6.07) is 20.0. The van der Waals surface area contributed by atoms with Crippen LogP contribution in [0.2, 0.25) is 0 Å². The monoisotopic (exact) mass is 569 g/mol. The molecule has 0 unspecified atom stereocenters. The van der Waals surface area contributed by atoms with Crippen molar-refractivity contribution < 1.29 is 14.2 Å². The topological polar surface area (TPSA) is 92.5 Å². The molecule has 0 radical (unpaired) electrons. The molecule has 9 heteroatoms. The lowest BCUT2D eigenvalue weighted by Crippen LogP contribution is -2.21. The molecule has 0 atom stereocenters. The highest BCUT2D eigenvalue weighted by Gasteiger charge is 2.23. The molecule has 0 spiro atoms. The van der Waals surface area contributed by atoms with E-state index in [-0.39, 0.29) is 0 Å². The lowest BCUT2D eigenvalue weighted by Gasteiger charge is -2.14. The van der Waals surface area contributed by atoms with Gasteiger partial charge in [-0.1, -0.05) is 35.6 Å². The number of rotatable bonds is 13. The van der Waals surface area contributed by atoms with Crippen LogP contribution in [0.25, 0.3) is 21.7 Å². The Morgan fingerprint density at radius 2 is 1.95 bits per heavy atom.